The van der Waals surface area contributed by atoms with Gasteiger partial charge in [-0.05, 0) is 47.8 Å². The highest BCUT2D eigenvalue weighted by Crippen LogP contribution is 2.22. The zero-order valence-corrected chi connectivity index (χ0v) is 14.7. The molecule has 8 heteroatoms. The van der Waals surface area contributed by atoms with Gasteiger partial charge in [-0.2, -0.15) is 0 Å². The van der Waals surface area contributed by atoms with Crippen molar-refractivity contribution in [3.05, 3.63) is 74.4 Å². The first-order chi connectivity index (χ1) is 11.5. The molecule has 1 aromatic carbocycles. The summed E-state index contributed by atoms with van der Waals surface area (Å²) in [5.74, 6) is -0.563. The number of ketones is 1. The summed E-state index contributed by atoms with van der Waals surface area (Å²) in [6.45, 7) is 0.0715. The lowest BCUT2D eigenvalue weighted by Gasteiger charge is -2.05. The van der Waals surface area contributed by atoms with Gasteiger partial charge < -0.3 is 0 Å². The standard InChI is InChI=1S/C16H12FNO3S3/c17-11-3-6-13(7-4-11)24(20,21)18-10-12-5-8-15(23-12)16(19)14-2-1-9-22-14/h1-9,18H,10H2. The van der Waals surface area contributed by atoms with E-state index in [-0.39, 0.29) is 17.2 Å². The van der Waals surface area contributed by atoms with Crippen LogP contribution in [0.1, 0.15) is 19.4 Å². The molecule has 0 spiro atoms. The van der Waals surface area contributed by atoms with Crippen LogP contribution in [0.3, 0.4) is 0 Å². The lowest BCUT2D eigenvalue weighted by Crippen LogP contribution is -2.22. The second kappa shape index (κ2) is 6.94. The fourth-order valence-corrected chi connectivity index (χ4v) is 4.73. The molecule has 1 N–H and O–H groups in total. The zero-order valence-electron chi connectivity index (χ0n) is 12.2. The Morgan fingerprint density at radius 2 is 1.79 bits per heavy atom. The lowest BCUT2D eigenvalue weighted by molar-refractivity contribution is 0.104. The minimum Gasteiger partial charge on any atom is -0.287 e. The van der Waals surface area contributed by atoms with Gasteiger partial charge in [-0.1, -0.05) is 6.07 Å². The maximum Gasteiger partial charge on any atom is 0.240 e. The molecule has 4 nitrogen and oxygen atoms in total. The van der Waals surface area contributed by atoms with E-state index in [2.05, 4.69) is 4.72 Å². The van der Waals surface area contributed by atoms with Gasteiger partial charge in [0.05, 0.1) is 14.6 Å². The number of hydrogen-bond donors (Lipinski definition) is 1. The second-order valence-electron chi connectivity index (χ2n) is 4.85. The fraction of sp³-hybridized carbons (Fsp3) is 0.0625. The van der Waals surface area contributed by atoms with Gasteiger partial charge in [-0.3, -0.25) is 4.79 Å². The van der Waals surface area contributed by atoms with E-state index >= 15 is 0 Å². The van der Waals surface area contributed by atoms with Crippen LogP contribution in [0.25, 0.3) is 0 Å². The van der Waals surface area contributed by atoms with Crippen LogP contribution in [0.5, 0.6) is 0 Å². The summed E-state index contributed by atoms with van der Waals surface area (Å²) < 4.78 is 39.6. The first-order valence-corrected chi connectivity index (χ1v) is 10.1. The van der Waals surface area contributed by atoms with E-state index in [1.165, 1.54) is 34.8 Å². The Kier molecular flexibility index (Phi) is 4.91. The van der Waals surface area contributed by atoms with Gasteiger partial charge >= 0.3 is 0 Å². The van der Waals surface area contributed by atoms with Crippen molar-refractivity contribution in [3.63, 3.8) is 0 Å². The molecule has 0 fully saturated rings. The number of rotatable bonds is 6. The van der Waals surface area contributed by atoms with Crippen LogP contribution in [0, 0.1) is 5.82 Å². The molecule has 2 aromatic heterocycles. The molecule has 0 aliphatic carbocycles. The molecule has 0 saturated heterocycles. The first-order valence-electron chi connectivity index (χ1n) is 6.88. The minimum absolute atomic E-state index is 0.00431. The van der Waals surface area contributed by atoms with Gasteiger partial charge in [-0.25, -0.2) is 17.5 Å². The Hall–Kier alpha value is -1.87. The molecular formula is C16H12FNO3S3. The Morgan fingerprint density at radius 1 is 1.04 bits per heavy atom. The average Bonchev–Trinajstić information content (AvgIpc) is 3.25. The third kappa shape index (κ3) is 3.78. The predicted molar refractivity (Wildman–Crippen MR) is 92.5 cm³/mol. The Bertz CT molecular complexity index is 945. The molecule has 24 heavy (non-hydrogen) atoms. The summed E-state index contributed by atoms with van der Waals surface area (Å²) in [5, 5.41) is 1.83. The summed E-state index contributed by atoms with van der Waals surface area (Å²) in [4.78, 5) is 14.2. The SMILES string of the molecule is O=C(c1cccs1)c1ccc(CNS(=O)(=O)c2ccc(F)cc2)s1. The number of carbonyl (C=O) groups excluding carboxylic acids is 1. The summed E-state index contributed by atoms with van der Waals surface area (Å²) in [7, 11) is -3.72. The maximum atomic E-state index is 12.9. The van der Waals surface area contributed by atoms with Crippen LogP contribution in [-0.2, 0) is 16.6 Å². The van der Waals surface area contributed by atoms with Gasteiger partial charge in [0.15, 0.2) is 0 Å². The molecular weight excluding hydrogens is 369 g/mol. The van der Waals surface area contributed by atoms with Crippen molar-refractivity contribution >= 4 is 38.5 Å². The molecule has 3 aromatic rings. The number of hydrogen-bond acceptors (Lipinski definition) is 5. The first kappa shape index (κ1) is 17.0. The van der Waals surface area contributed by atoms with E-state index in [1.807, 2.05) is 11.4 Å². The van der Waals surface area contributed by atoms with Crippen molar-refractivity contribution in [2.24, 2.45) is 0 Å². The lowest BCUT2D eigenvalue weighted by atomic mass is 10.3. The molecule has 0 aliphatic rings. The molecule has 0 amide bonds. The van der Waals surface area contributed by atoms with E-state index in [4.69, 9.17) is 0 Å². The van der Waals surface area contributed by atoms with Crippen molar-refractivity contribution < 1.29 is 17.6 Å². The van der Waals surface area contributed by atoms with E-state index < -0.39 is 15.8 Å². The minimum atomic E-state index is -3.72. The van der Waals surface area contributed by atoms with E-state index in [9.17, 15) is 17.6 Å². The Morgan fingerprint density at radius 3 is 2.46 bits per heavy atom. The normalized spacial score (nSPS) is 11.5. The third-order valence-electron chi connectivity index (χ3n) is 3.19. The third-order valence-corrected chi connectivity index (χ3v) is 6.56. The Balaban J connectivity index is 1.69. The van der Waals surface area contributed by atoms with Crippen LogP contribution >= 0.6 is 22.7 Å². The van der Waals surface area contributed by atoms with Gasteiger partial charge in [-0.15, -0.1) is 22.7 Å². The van der Waals surface area contributed by atoms with Gasteiger partial charge in [0.2, 0.25) is 15.8 Å². The van der Waals surface area contributed by atoms with Gasteiger partial charge in [0.1, 0.15) is 5.82 Å². The van der Waals surface area contributed by atoms with Crippen molar-refractivity contribution in [1.29, 1.82) is 0 Å². The number of sulfonamides is 1. The maximum absolute atomic E-state index is 12.9. The monoisotopic (exact) mass is 381 g/mol. The smallest absolute Gasteiger partial charge is 0.240 e. The summed E-state index contributed by atoms with van der Waals surface area (Å²) >= 11 is 2.61. The molecule has 0 radical (unpaired) electrons. The van der Waals surface area contributed by atoms with E-state index in [0.717, 1.165) is 17.0 Å². The highest BCUT2D eigenvalue weighted by atomic mass is 32.2. The van der Waals surface area contributed by atoms with Crippen molar-refractivity contribution in [3.8, 4) is 0 Å². The fourth-order valence-electron chi connectivity index (χ4n) is 1.99. The molecule has 0 aliphatic heterocycles. The van der Waals surface area contributed by atoms with Crippen LogP contribution in [0.4, 0.5) is 4.39 Å². The molecule has 0 bridgehead atoms. The van der Waals surface area contributed by atoms with E-state index in [0.29, 0.717) is 9.75 Å². The average molecular weight is 381 g/mol. The molecule has 0 atom stereocenters. The van der Waals surface area contributed by atoms with Crippen LogP contribution in [0.2, 0.25) is 0 Å². The van der Waals surface area contributed by atoms with Crippen LogP contribution in [0.15, 0.2) is 58.8 Å². The zero-order chi connectivity index (χ0) is 17.2. The summed E-state index contributed by atoms with van der Waals surface area (Å²) in [6.07, 6.45) is 0. The van der Waals surface area contributed by atoms with Crippen molar-refractivity contribution in [2.45, 2.75) is 11.4 Å². The number of nitrogens with one attached hydrogen (secondary N) is 1. The quantitative estimate of drug-likeness (QED) is 0.663. The molecule has 3 rings (SSSR count). The number of carbonyl (C=O) groups is 1. The molecule has 0 saturated carbocycles. The van der Waals surface area contributed by atoms with Crippen LogP contribution < -0.4 is 4.72 Å². The number of benzene rings is 1. The van der Waals surface area contributed by atoms with Gasteiger partial charge in [0, 0.05) is 11.4 Å². The van der Waals surface area contributed by atoms with Gasteiger partial charge in [0.25, 0.3) is 0 Å². The van der Waals surface area contributed by atoms with Crippen molar-refractivity contribution in [1.82, 2.24) is 4.72 Å². The highest BCUT2D eigenvalue weighted by molar-refractivity contribution is 7.89. The molecule has 0 unspecified atom stereocenters. The highest BCUT2D eigenvalue weighted by Gasteiger charge is 2.16. The van der Waals surface area contributed by atoms with E-state index in [1.54, 1.807) is 18.2 Å². The van der Waals surface area contributed by atoms with Crippen molar-refractivity contribution in [2.75, 3.05) is 0 Å². The summed E-state index contributed by atoms with van der Waals surface area (Å²) in [6, 6.07) is 11.6. The largest absolute Gasteiger partial charge is 0.287 e. The molecule has 124 valence electrons. The Labute approximate surface area is 146 Å². The number of thiophene rings is 2. The number of halogens is 1. The predicted octanol–water partition coefficient (Wildman–Crippen LogP) is 3.66. The molecule has 2 heterocycles. The summed E-state index contributed by atoms with van der Waals surface area (Å²) in [5.41, 5.74) is 0. The second-order valence-corrected chi connectivity index (χ2v) is 8.73. The van der Waals surface area contributed by atoms with Crippen LogP contribution in [-0.4, -0.2) is 14.2 Å². The topological polar surface area (TPSA) is 63.2 Å².